The Balaban J connectivity index is 2.43. The van der Waals surface area contributed by atoms with E-state index in [2.05, 4.69) is 4.72 Å². The minimum atomic E-state index is -3.89. The van der Waals surface area contributed by atoms with E-state index >= 15 is 0 Å². The zero-order valence-corrected chi connectivity index (χ0v) is 11.9. The molecular weight excluding hydrogens is 293 g/mol. The van der Waals surface area contributed by atoms with E-state index < -0.39 is 15.8 Å². The molecule has 0 fully saturated rings. The van der Waals surface area contributed by atoms with Gasteiger partial charge < -0.3 is 5.73 Å². The molecule has 0 aliphatic heterocycles. The highest BCUT2D eigenvalue weighted by Gasteiger charge is 2.18. The molecule has 0 spiro atoms. The molecule has 3 N–H and O–H groups in total. The summed E-state index contributed by atoms with van der Waals surface area (Å²) < 4.78 is 40.1. The molecule has 0 aromatic heterocycles. The number of benzene rings is 2. The lowest BCUT2D eigenvalue weighted by Gasteiger charge is -2.11. The van der Waals surface area contributed by atoms with Crippen molar-refractivity contribution in [2.75, 3.05) is 10.5 Å². The van der Waals surface area contributed by atoms with Crippen molar-refractivity contribution in [1.29, 1.82) is 5.26 Å². The van der Waals surface area contributed by atoms with Gasteiger partial charge in [-0.25, -0.2) is 12.8 Å². The van der Waals surface area contributed by atoms with Crippen LogP contribution in [0.25, 0.3) is 0 Å². The van der Waals surface area contributed by atoms with Gasteiger partial charge in [-0.15, -0.1) is 0 Å². The van der Waals surface area contributed by atoms with Crippen LogP contribution >= 0.6 is 0 Å². The normalized spacial score (nSPS) is 10.9. The number of nitrogens with two attached hydrogens (primary N) is 1. The number of hydrogen-bond acceptors (Lipinski definition) is 4. The second-order valence-electron chi connectivity index (χ2n) is 4.43. The van der Waals surface area contributed by atoms with E-state index in [1.54, 1.807) is 13.0 Å². The minimum Gasteiger partial charge on any atom is -0.396 e. The van der Waals surface area contributed by atoms with E-state index in [4.69, 9.17) is 11.0 Å². The van der Waals surface area contributed by atoms with Gasteiger partial charge in [-0.1, -0.05) is 6.07 Å². The van der Waals surface area contributed by atoms with E-state index in [0.29, 0.717) is 5.56 Å². The van der Waals surface area contributed by atoms with Gasteiger partial charge in [0.1, 0.15) is 5.82 Å². The molecule has 7 heteroatoms. The van der Waals surface area contributed by atoms with Crippen LogP contribution in [0.15, 0.2) is 41.3 Å². The molecule has 0 aliphatic rings. The van der Waals surface area contributed by atoms with E-state index in [0.717, 1.165) is 6.07 Å². The zero-order valence-electron chi connectivity index (χ0n) is 11.1. The Morgan fingerprint density at radius 2 is 1.95 bits per heavy atom. The molecule has 0 amide bonds. The van der Waals surface area contributed by atoms with Crippen LogP contribution in [0.5, 0.6) is 0 Å². The van der Waals surface area contributed by atoms with Crippen molar-refractivity contribution in [3.05, 3.63) is 53.3 Å². The van der Waals surface area contributed by atoms with Gasteiger partial charge >= 0.3 is 0 Å². The summed E-state index contributed by atoms with van der Waals surface area (Å²) in [4.78, 5) is -0.00977. The number of nitrogen functional groups attached to an aromatic ring is 1. The molecule has 0 heterocycles. The van der Waals surface area contributed by atoms with Gasteiger partial charge in [0.05, 0.1) is 27.9 Å². The number of anilines is 2. The van der Waals surface area contributed by atoms with Crippen molar-refractivity contribution in [3.63, 3.8) is 0 Å². The summed E-state index contributed by atoms with van der Waals surface area (Å²) in [6, 6.07) is 9.78. The standard InChI is InChI=1S/C14H12FN3O2S/c1-9-2-3-10(8-16)6-14(9)21(19,20)18-11-4-5-12(15)13(17)7-11/h2-7,18H,17H2,1H3. The molecule has 0 bridgehead atoms. The molecule has 0 radical (unpaired) electrons. The first kappa shape index (κ1) is 14.8. The second-order valence-corrected chi connectivity index (χ2v) is 6.08. The maximum absolute atomic E-state index is 13.1. The highest BCUT2D eigenvalue weighted by molar-refractivity contribution is 7.92. The average Bonchev–Trinajstić information content (AvgIpc) is 2.43. The van der Waals surface area contributed by atoms with Crippen LogP contribution in [0.1, 0.15) is 11.1 Å². The highest BCUT2D eigenvalue weighted by atomic mass is 32.2. The summed E-state index contributed by atoms with van der Waals surface area (Å²) in [7, 11) is -3.89. The molecule has 0 saturated heterocycles. The van der Waals surface area contributed by atoms with Crippen LogP contribution in [0, 0.1) is 24.1 Å². The van der Waals surface area contributed by atoms with Crippen molar-refractivity contribution in [2.45, 2.75) is 11.8 Å². The summed E-state index contributed by atoms with van der Waals surface area (Å²) in [6.07, 6.45) is 0. The third-order valence-electron chi connectivity index (χ3n) is 2.85. The lowest BCUT2D eigenvalue weighted by molar-refractivity contribution is 0.600. The number of nitrogens with one attached hydrogen (secondary N) is 1. The molecule has 2 aromatic carbocycles. The van der Waals surface area contributed by atoms with Gasteiger partial charge in [-0.2, -0.15) is 5.26 Å². The van der Waals surface area contributed by atoms with Crippen LogP contribution in [-0.4, -0.2) is 8.42 Å². The lowest BCUT2D eigenvalue weighted by Crippen LogP contribution is -2.14. The first-order valence-corrected chi connectivity index (χ1v) is 7.40. The van der Waals surface area contributed by atoms with Crippen LogP contribution in [-0.2, 0) is 10.0 Å². The largest absolute Gasteiger partial charge is 0.396 e. The maximum atomic E-state index is 13.1. The van der Waals surface area contributed by atoms with Crippen molar-refractivity contribution < 1.29 is 12.8 Å². The number of aryl methyl sites for hydroxylation is 1. The fourth-order valence-electron chi connectivity index (χ4n) is 1.78. The van der Waals surface area contributed by atoms with Crippen LogP contribution < -0.4 is 10.5 Å². The first-order chi connectivity index (χ1) is 9.83. The van der Waals surface area contributed by atoms with Crippen LogP contribution in [0.3, 0.4) is 0 Å². The van der Waals surface area contributed by atoms with Crippen molar-refractivity contribution >= 4 is 21.4 Å². The van der Waals surface area contributed by atoms with Crippen molar-refractivity contribution in [2.24, 2.45) is 0 Å². The summed E-state index contributed by atoms with van der Waals surface area (Å²) in [6.45, 7) is 1.62. The number of sulfonamides is 1. The van der Waals surface area contributed by atoms with Crippen molar-refractivity contribution in [3.8, 4) is 6.07 Å². The van der Waals surface area contributed by atoms with E-state index in [9.17, 15) is 12.8 Å². The topological polar surface area (TPSA) is 96.0 Å². The second kappa shape index (κ2) is 5.42. The monoisotopic (exact) mass is 305 g/mol. The fraction of sp³-hybridized carbons (Fsp3) is 0.0714. The summed E-state index contributed by atoms with van der Waals surface area (Å²) in [5.41, 5.74) is 6.13. The summed E-state index contributed by atoms with van der Waals surface area (Å²) in [5.74, 6) is -0.624. The van der Waals surface area contributed by atoms with E-state index in [1.165, 1.54) is 24.3 Å². The molecule has 2 aromatic rings. The molecule has 0 saturated carbocycles. The van der Waals surface area contributed by atoms with Gasteiger partial charge in [-0.3, -0.25) is 4.72 Å². The number of nitrogens with zero attached hydrogens (tertiary/aromatic N) is 1. The third kappa shape index (κ3) is 3.12. The Morgan fingerprint density at radius 3 is 2.57 bits per heavy atom. The predicted octanol–water partition coefficient (Wildman–Crippen LogP) is 2.39. The predicted molar refractivity (Wildman–Crippen MR) is 77.5 cm³/mol. The lowest BCUT2D eigenvalue weighted by atomic mass is 10.2. The quantitative estimate of drug-likeness (QED) is 0.851. The van der Waals surface area contributed by atoms with Gasteiger partial charge in [-0.05, 0) is 42.8 Å². The fourth-order valence-corrected chi connectivity index (χ4v) is 3.10. The number of rotatable bonds is 3. The Hall–Kier alpha value is -2.59. The average molecular weight is 305 g/mol. The van der Waals surface area contributed by atoms with E-state index in [1.807, 2.05) is 6.07 Å². The van der Waals surface area contributed by atoms with E-state index in [-0.39, 0.29) is 21.8 Å². The number of nitriles is 1. The maximum Gasteiger partial charge on any atom is 0.262 e. The van der Waals surface area contributed by atoms with Gasteiger partial charge in [0.15, 0.2) is 0 Å². The zero-order chi connectivity index (χ0) is 15.6. The molecule has 21 heavy (non-hydrogen) atoms. The molecular formula is C14H12FN3O2S. The Labute approximate surface area is 121 Å². The Morgan fingerprint density at radius 1 is 1.24 bits per heavy atom. The van der Waals surface area contributed by atoms with Crippen LogP contribution in [0.4, 0.5) is 15.8 Å². The molecule has 108 valence electrons. The van der Waals surface area contributed by atoms with Crippen molar-refractivity contribution in [1.82, 2.24) is 0 Å². The Bertz CT molecular complexity index is 842. The molecule has 0 aliphatic carbocycles. The van der Waals surface area contributed by atoms with Crippen LogP contribution in [0.2, 0.25) is 0 Å². The summed E-state index contributed by atoms with van der Waals surface area (Å²) >= 11 is 0. The number of hydrogen-bond donors (Lipinski definition) is 2. The highest BCUT2D eigenvalue weighted by Crippen LogP contribution is 2.22. The van der Waals surface area contributed by atoms with Gasteiger partial charge in [0.25, 0.3) is 10.0 Å². The van der Waals surface area contributed by atoms with Gasteiger partial charge in [0, 0.05) is 0 Å². The first-order valence-electron chi connectivity index (χ1n) is 5.92. The molecule has 5 nitrogen and oxygen atoms in total. The Kier molecular flexibility index (Phi) is 3.82. The molecule has 0 unspecified atom stereocenters. The minimum absolute atomic E-state index is 0.00977. The number of halogens is 1. The third-order valence-corrected chi connectivity index (χ3v) is 4.38. The smallest absolute Gasteiger partial charge is 0.262 e. The summed E-state index contributed by atoms with van der Waals surface area (Å²) in [5, 5.41) is 8.85. The van der Waals surface area contributed by atoms with Gasteiger partial charge in [0.2, 0.25) is 0 Å². The molecule has 2 rings (SSSR count). The molecule has 0 atom stereocenters. The SMILES string of the molecule is Cc1ccc(C#N)cc1S(=O)(=O)Nc1ccc(F)c(N)c1.